The second-order valence-electron chi connectivity index (χ2n) is 6.58. The predicted octanol–water partition coefficient (Wildman–Crippen LogP) is 2.10. The lowest BCUT2D eigenvalue weighted by Gasteiger charge is -2.29. The van der Waals surface area contributed by atoms with Crippen molar-refractivity contribution in [2.24, 2.45) is 4.99 Å². The number of nitrogens with zero attached hydrogens (tertiary/aromatic N) is 3. The Bertz CT molecular complexity index is 885. The standard InChI is InChI=1S/C20H21N3O3S/c1-14-11-16-19(15-5-3-2-4-6-15)21-12-17(24)23(20(16)27-14)13-18(25)22-7-9-26-10-8-22/h2-6,11H,7-10,12-13H2,1H3. The van der Waals surface area contributed by atoms with Crippen LogP contribution in [0.3, 0.4) is 0 Å². The molecule has 1 saturated heterocycles. The van der Waals surface area contributed by atoms with E-state index in [2.05, 4.69) is 11.1 Å². The lowest BCUT2D eigenvalue weighted by molar-refractivity contribution is -0.134. The van der Waals surface area contributed by atoms with Gasteiger partial charge in [0.25, 0.3) is 0 Å². The number of hydrogen-bond acceptors (Lipinski definition) is 5. The summed E-state index contributed by atoms with van der Waals surface area (Å²) in [5.74, 6) is -0.197. The number of morpholine rings is 1. The van der Waals surface area contributed by atoms with E-state index in [9.17, 15) is 9.59 Å². The Hall–Kier alpha value is -2.51. The maximum absolute atomic E-state index is 12.8. The fraction of sp³-hybridized carbons (Fsp3) is 0.350. The van der Waals surface area contributed by atoms with E-state index >= 15 is 0 Å². The van der Waals surface area contributed by atoms with E-state index in [0.29, 0.717) is 26.3 Å². The number of aryl methyl sites for hydroxylation is 1. The summed E-state index contributed by atoms with van der Waals surface area (Å²) in [4.78, 5) is 34.6. The van der Waals surface area contributed by atoms with Gasteiger partial charge in [-0.15, -0.1) is 11.3 Å². The quantitative estimate of drug-likeness (QED) is 0.815. The van der Waals surface area contributed by atoms with Crippen LogP contribution in [0.4, 0.5) is 5.00 Å². The number of amides is 2. The Labute approximate surface area is 162 Å². The number of carbonyl (C=O) groups excluding carboxylic acids is 2. The SMILES string of the molecule is Cc1cc2c(s1)N(CC(=O)N1CCOCC1)C(=O)CN=C2c1ccccc1. The van der Waals surface area contributed by atoms with Crippen LogP contribution in [0, 0.1) is 6.92 Å². The van der Waals surface area contributed by atoms with Crippen molar-refractivity contribution in [3.8, 4) is 0 Å². The lowest BCUT2D eigenvalue weighted by Crippen LogP contribution is -2.47. The normalized spacial score (nSPS) is 17.4. The molecule has 2 aliphatic rings. The van der Waals surface area contributed by atoms with Crippen molar-refractivity contribution in [3.63, 3.8) is 0 Å². The number of fused-ring (bicyclic) bond motifs is 1. The lowest BCUT2D eigenvalue weighted by atomic mass is 10.0. The topological polar surface area (TPSA) is 62.2 Å². The first kappa shape index (κ1) is 17.9. The van der Waals surface area contributed by atoms with Crippen LogP contribution in [0.1, 0.15) is 16.0 Å². The van der Waals surface area contributed by atoms with Gasteiger partial charge in [-0.1, -0.05) is 30.3 Å². The summed E-state index contributed by atoms with van der Waals surface area (Å²) in [6.45, 7) is 4.33. The molecule has 1 fully saturated rings. The van der Waals surface area contributed by atoms with Crippen LogP contribution in [-0.2, 0) is 14.3 Å². The molecule has 2 aliphatic heterocycles. The van der Waals surface area contributed by atoms with Crippen LogP contribution < -0.4 is 4.90 Å². The molecule has 2 aromatic rings. The van der Waals surface area contributed by atoms with E-state index in [4.69, 9.17) is 4.74 Å². The van der Waals surface area contributed by atoms with Gasteiger partial charge < -0.3 is 9.64 Å². The zero-order chi connectivity index (χ0) is 18.8. The van der Waals surface area contributed by atoms with Gasteiger partial charge in [0.15, 0.2) is 0 Å². The molecule has 6 nitrogen and oxygen atoms in total. The predicted molar refractivity (Wildman–Crippen MR) is 106 cm³/mol. The maximum Gasteiger partial charge on any atom is 0.249 e. The van der Waals surface area contributed by atoms with E-state index in [-0.39, 0.29) is 24.9 Å². The highest BCUT2D eigenvalue weighted by Gasteiger charge is 2.30. The Morgan fingerprint density at radius 1 is 1.22 bits per heavy atom. The van der Waals surface area contributed by atoms with Crippen molar-refractivity contribution in [1.82, 2.24) is 4.90 Å². The van der Waals surface area contributed by atoms with Crippen molar-refractivity contribution in [2.75, 3.05) is 44.3 Å². The van der Waals surface area contributed by atoms with Crippen LogP contribution in [0.5, 0.6) is 0 Å². The molecular formula is C20H21N3O3S. The number of anilines is 1. The van der Waals surface area contributed by atoms with Gasteiger partial charge in [-0.2, -0.15) is 0 Å². The molecule has 0 aliphatic carbocycles. The third-order valence-corrected chi connectivity index (χ3v) is 5.79. The highest BCUT2D eigenvalue weighted by atomic mass is 32.1. The third-order valence-electron chi connectivity index (χ3n) is 4.71. The fourth-order valence-electron chi connectivity index (χ4n) is 3.35. The number of ether oxygens (including phenoxy) is 1. The van der Waals surface area contributed by atoms with E-state index in [1.165, 1.54) is 11.3 Å². The Morgan fingerprint density at radius 3 is 2.70 bits per heavy atom. The van der Waals surface area contributed by atoms with E-state index in [0.717, 1.165) is 26.7 Å². The Morgan fingerprint density at radius 2 is 1.96 bits per heavy atom. The molecule has 4 rings (SSSR count). The number of rotatable bonds is 3. The molecule has 0 saturated carbocycles. The van der Waals surface area contributed by atoms with Gasteiger partial charge in [0.05, 0.1) is 18.9 Å². The minimum absolute atomic E-state index is 0.0427. The summed E-state index contributed by atoms with van der Waals surface area (Å²) in [7, 11) is 0. The number of hydrogen-bond donors (Lipinski definition) is 0. The highest BCUT2D eigenvalue weighted by Crippen LogP contribution is 2.35. The molecule has 0 atom stereocenters. The van der Waals surface area contributed by atoms with Crippen LogP contribution >= 0.6 is 11.3 Å². The Kier molecular flexibility index (Phi) is 5.05. The molecule has 2 amide bonds. The minimum atomic E-state index is -0.148. The minimum Gasteiger partial charge on any atom is -0.378 e. The third kappa shape index (κ3) is 3.65. The number of benzene rings is 1. The average molecular weight is 383 g/mol. The molecule has 0 N–H and O–H groups in total. The first-order valence-corrected chi connectivity index (χ1v) is 9.81. The molecule has 27 heavy (non-hydrogen) atoms. The van der Waals surface area contributed by atoms with E-state index in [1.54, 1.807) is 9.80 Å². The maximum atomic E-state index is 12.8. The summed E-state index contributed by atoms with van der Waals surface area (Å²) < 4.78 is 5.31. The molecule has 1 aromatic carbocycles. The van der Waals surface area contributed by atoms with Gasteiger partial charge in [-0.25, -0.2) is 0 Å². The fourth-order valence-corrected chi connectivity index (χ4v) is 4.38. The zero-order valence-corrected chi connectivity index (χ0v) is 16.0. The highest BCUT2D eigenvalue weighted by molar-refractivity contribution is 7.16. The number of thiophene rings is 1. The summed E-state index contributed by atoms with van der Waals surface area (Å²) in [6.07, 6.45) is 0. The molecular weight excluding hydrogens is 362 g/mol. The molecule has 7 heteroatoms. The first-order valence-electron chi connectivity index (χ1n) is 9.00. The number of carbonyl (C=O) groups is 2. The summed E-state index contributed by atoms with van der Waals surface area (Å²) in [6, 6.07) is 11.9. The largest absolute Gasteiger partial charge is 0.378 e. The Balaban J connectivity index is 1.67. The molecule has 3 heterocycles. The molecule has 0 bridgehead atoms. The molecule has 0 radical (unpaired) electrons. The molecule has 0 spiro atoms. The summed E-state index contributed by atoms with van der Waals surface area (Å²) in [5, 5.41) is 0.805. The monoisotopic (exact) mass is 383 g/mol. The van der Waals surface area contributed by atoms with Gasteiger partial charge in [0.2, 0.25) is 11.8 Å². The average Bonchev–Trinajstić information content (AvgIpc) is 3.03. The van der Waals surface area contributed by atoms with Crippen LogP contribution in [0.15, 0.2) is 41.4 Å². The van der Waals surface area contributed by atoms with Crippen LogP contribution in [-0.4, -0.2) is 61.8 Å². The smallest absolute Gasteiger partial charge is 0.249 e. The summed E-state index contributed by atoms with van der Waals surface area (Å²) in [5.41, 5.74) is 2.71. The van der Waals surface area contributed by atoms with Gasteiger partial charge in [-0.3, -0.25) is 19.5 Å². The van der Waals surface area contributed by atoms with Crippen molar-refractivity contribution in [2.45, 2.75) is 6.92 Å². The number of aliphatic imine (C=N–C) groups is 1. The van der Waals surface area contributed by atoms with Gasteiger partial charge in [-0.05, 0) is 13.0 Å². The van der Waals surface area contributed by atoms with Crippen LogP contribution in [0.25, 0.3) is 0 Å². The second-order valence-corrected chi connectivity index (χ2v) is 7.81. The first-order chi connectivity index (χ1) is 13.1. The molecule has 1 aromatic heterocycles. The zero-order valence-electron chi connectivity index (χ0n) is 15.2. The molecule has 0 unspecified atom stereocenters. The van der Waals surface area contributed by atoms with Crippen LogP contribution in [0.2, 0.25) is 0 Å². The van der Waals surface area contributed by atoms with Gasteiger partial charge in [0.1, 0.15) is 18.1 Å². The van der Waals surface area contributed by atoms with Gasteiger partial charge >= 0.3 is 0 Å². The van der Waals surface area contributed by atoms with Crippen molar-refractivity contribution >= 4 is 33.9 Å². The van der Waals surface area contributed by atoms with E-state index in [1.807, 2.05) is 37.3 Å². The summed E-state index contributed by atoms with van der Waals surface area (Å²) >= 11 is 1.53. The molecule has 140 valence electrons. The van der Waals surface area contributed by atoms with Crippen molar-refractivity contribution in [3.05, 3.63) is 52.4 Å². The van der Waals surface area contributed by atoms with Gasteiger partial charge in [0, 0.05) is 29.1 Å². The second kappa shape index (κ2) is 7.62. The van der Waals surface area contributed by atoms with E-state index < -0.39 is 0 Å². The van der Waals surface area contributed by atoms with Crippen molar-refractivity contribution < 1.29 is 14.3 Å². The van der Waals surface area contributed by atoms with Crippen molar-refractivity contribution in [1.29, 1.82) is 0 Å².